The molecule has 2 aliphatic rings. The first-order valence-corrected chi connectivity index (χ1v) is 10.8. The Morgan fingerprint density at radius 3 is 2.44 bits per heavy atom. The normalized spacial score (nSPS) is 18.4. The summed E-state index contributed by atoms with van der Waals surface area (Å²) >= 11 is 0. The van der Waals surface area contributed by atoms with Crippen LogP contribution >= 0.6 is 0 Å². The van der Waals surface area contributed by atoms with Gasteiger partial charge in [0.05, 0.1) is 11.4 Å². The van der Waals surface area contributed by atoms with E-state index in [4.69, 9.17) is 0 Å². The molecule has 1 aliphatic heterocycles. The predicted octanol–water partition coefficient (Wildman–Crippen LogP) is 1.65. The minimum Gasteiger partial charge on any atom is -0.376 e. The topological polar surface area (TPSA) is 108 Å². The second-order valence-electron chi connectivity index (χ2n) is 7.00. The van der Waals surface area contributed by atoms with E-state index in [1.807, 2.05) is 0 Å². The Kier molecular flexibility index (Phi) is 6.33. The molecule has 1 aromatic rings. The van der Waals surface area contributed by atoms with Crippen molar-refractivity contribution < 1.29 is 18.0 Å². The third-order valence-corrected chi connectivity index (χ3v) is 6.55. The van der Waals surface area contributed by atoms with Crippen molar-refractivity contribution in [2.45, 2.75) is 49.5 Å². The number of benzene rings is 1. The highest BCUT2D eigenvalue weighted by Gasteiger charge is 2.25. The zero-order valence-electron chi connectivity index (χ0n) is 15.2. The third kappa shape index (κ3) is 5.67. The summed E-state index contributed by atoms with van der Waals surface area (Å²) in [5, 5.41) is 7.79. The van der Waals surface area contributed by atoms with Crippen LogP contribution in [-0.4, -0.2) is 50.3 Å². The molecule has 148 valence electrons. The summed E-state index contributed by atoms with van der Waals surface area (Å²) in [6.07, 6.45) is 5.74. The molecule has 0 atom stereocenters. The van der Waals surface area contributed by atoms with Gasteiger partial charge in [-0.1, -0.05) is 18.9 Å². The zero-order valence-corrected chi connectivity index (χ0v) is 16.1. The van der Waals surface area contributed by atoms with Gasteiger partial charge in [-0.05, 0) is 43.9 Å². The van der Waals surface area contributed by atoms with Gasteiger partial charge in [0.2, 0.25) is 15.9 Å². The number of carbonyl (C=O) groups is 2. The van der Waals surface area contributed by atoms with Crippen LogP contribution in [0.1, 0.15) is 38.5 Å². The summed E-state index contributed by atoms with van der Waals surface area (Å²) in [5.41, 5.74) is 0.517. The first-order valence-electron chi connectivity index (χ1n) is 9.39. The molecule has 2 fully saturated rings. The number of urea groups is 1. The van der Waals surface area contributed by atoms with Gasteiger partial charge in [-0.25, -0.2) is 13.2 Å². The molecule has 3 amide bonds. The predicted molar refractivity (Wildman–Crippen MR) is 102 cm³/mol. The van der Waals surface area contributed by atoms with Crippen LogP contribution < -0.4 is 16.0 Å². The lowest BCUT2D eigenvalue weighted by molar-refractivity contribution is -0.118. The van der Waals surface area contributed by atoms with E-state index >= 15 is 0 Å². The number of imide groups is 1. The van der Waals surface area contributed by atoms with Crippen LogP contribution in [0.15, 0.2) is 29.2 Å². The molecular weight excluding hydrogens is 368 g/mol. The summed E-state index contributed by atoms with van der Waals surface area (Å²) < 4.78 is 27.2. The smallest absolute Gasteiger partial charge is 0.321 e. The first kappa shape index (κ1) is 19.6. The van der Waals surface area contributed by atoms with Crippen molar-refractivity contribution in [2.75, 3.05) is 25.0 Å². The average Bonchev–Trinajstić information content (AvgIpc) is 3.46. The molecule has 0 unspecified atom stereocenters. The third-order valence-electron chi connectivity index (χ3n) is 4.66. The van der Waals surface area contributed by atoms with E-state index in [1.165, 1.54) is 10.4 Å². The van der Waals surface area contributed by atoms with Crippen molar-refractivity contribution in [2.24, 2.45) is 0 Å². The second kappa shape index (κ2) is 8.71. The Bertz CT molecular complexity index is 784. The van der Waals surface area contributed by atoms with Gasteiger partial charge in [0, 0.05) is 24.8 Å². The number of carbonyl (C=O) groups excluding carboxylic acids is 2. The van der Waals surface area contributed by atoms with Crippen LogP contribution in [0.25, 0.3) is 0 Å². The summed E-state index contributed by atoms with van der Waals surface area (Å²) in [6, 6.07) is 6.10. The van der Waals surface area contributed by atoms with Crippen molar-refractivity contribution >= 4 is 27.6 Å². The van der Waals surface area contributed by atoms with Crippen molar-refractivity contribution in [3.05, 3.63) is 24.3 Å². The molecule has 1 saturated heterocycles. The molecular formula is C18H26N4O4S. The van der Waals surface area contributed by atoms with Gasteiger partial charge in [-0.15, -0.1) is 0 Å². The van der Waals surface area contributed by atoms with Crippen molar-refractivity contribution in [1.29, 1.82) is 0 Å². The van der Waals surface area contributed by atoms with Crippen molar-refractivity contribution in [1.82, 2.24) is 14.9 Å². The van der Waals surface area contributed by atoms with Crippen LogP contribution in [-0.2, 0) is 14.8 Å². The SMILES string of the molecule is O=C(CNc1cccc(S(=O)(=O)N2CCCCCC2)c1)NC(=O)NC1CC1. The summed E-state index contributed by atoms with van der Waals surface area (Å²) in [6.45, 7) is 0.961. The Labute approximate surface area is 159 Å². The monoisotopic (exact) mass is 394 g/mol. The molecule has 3 rings (SSSR count). The molecule has 8 nitrogen and oxygen atoms in total. The van der Waals surface area contributed by atoms with Crippen LogP contribution in [0, 0.1) is 0 Å². The Hall–Kier alpha value is -2.13. The zero-order chi connectivity index (χ0) is 19.3. The quantitative estimate of drug-likeness (QED) is 0.680. The van der Waals surface area contributed by atoms with E-state index < -0.39 is 22.0 Å². The van der Waals surface area contributed by atoms with Gasteiger partial charge in [0.15, 0.2) is 0 Å². The number of hydrogen-bond acceptors (Lipinski definition) is 5. The maximum atomic E-state index is 12.9. The highest BCUT2D eigenvalue weighted by molar-refractivity contribution is 7.89. The lowest BCUT2D eigenvalue weighted by Gasteiger charge is -2.20. The van der Waals surface area contributed by atoms with E-state index in [0.717, 1.165) is 38.5 Å². The number of hydrogen-bond donors (Lipinski definition) is 3. The molecule has 1 saturated carbocycles. The lowest BCUT2D eigenvalue weighted by Crippen LogP contribution is -2.42. The standard InChI is InChI=1S/C18H26N4O4S/c23-17(21-18(24)20-14-8-9-14)13-19-15-6-5-7-16(12-15)27(25,26)22-10-3-1-2-4-11-22/h5-7,12,14,19H,1-4,8-11,13H2,(H2,20,21,23,24). The van der Waals surface area contributed by atoms with Crippen molar-refractivity contribution in [3.63, 3.8) is 0 Å². The lowest BCUT2D eigenvalue weighted by atomic mass is 10.2. The van der Waals surface area contributed by atoms with E-state index in [-0.39, 0.29) is 17.5 Å². The average molecular weight is 394 g/mol. The number of rotatable bonds is 6. The molecule has 0 spiro atoms. The number of nitrogens with zero attached hydrogens (tertiary/aromatic N) is 1. The van der Waals surface area contributed by atoms with Gasteiger partial charge in [-0.2, -0.15) is 4.31 Å². The molecule has 0 radical (unpaired) electrons. The maximum absolute atomic E-state index is 12.9. The molecule has 0 aromatic heterocycles. The highest BCUT2D eigenvalue weighted by Crippen LogP contribution is 2.22. The summed E-state index contributed by atoms with van der Waals surface area (Å²) in [4.78, 5) is 23.6. The van der Waals surface area contributed by atoms with Crippen LogP contribution in [0.5, 0.6) is 0 Å². The molecule has 1 heterocycles. The molecule has 0 bridgehead atoms. The minimum atomic E-state index is -3.54. The maximum Gasteiger partial charge on any atom is 0.321 e. The Balaban J connectivity index is 1.57. The number of sulfonamides is 1. The van der Waals surface area contributed by atoms with E-state index in [2.05, 4.69) is 16.0 Å². The van der Waals surface area contributed by atoms with Gasteiger partial charge in [-0.3, -0.25) is 10.1 Å². The Morgan fingerprint density at radius 2 is 1.78 bits per heavy atom. The van der Waals surface area contributed by atoms with Crippen LogP contribution in [0.4, 0.5) is 10.5 Å². The van der Waals surface area contributed by atoms with E-state index in [1.54, 1.807) is 18.2 Å². The fourth-order valence-corrected chi connectivity index (χ4v) is 4.56. The highest BCUT2D eigenvalue weighted by atomic mass is 32.2. The van der Waals surface area contributed by atoms with Gasteiger partial charge in [0.1, 0.15) is 0 Å². The van der Waals surface area contributed by atoms with E-state index in [9.17, 15) is 18.0 Å². The summed E-state index contributed by atoms with van der Waals surface area (Å²) in [5.74, 6) is -0.478. The number of anilines is 1. The van der Waals surface area contributed by atoms with Crippen LogP contribution in [0.3, 0.4) is 0 Å². The van der Waals surface area contributed by atoms with Gasteiger partial charge in [0.25, 0.3) is 0 Å². The number of amides is 3. The van der Waals surface area contributed by atoms with Gasteiger partial charge < -0.3 is 10.6 Å². The summed E-state index contributed by atoms with van der Waals surface area (Å²) in [7, 11) is -3.54. The largest absolute Gasteiger partial charge is 0.376 e. The fourth-order valence-electron chi connectivity index (χ4n) is 3.00. The fraction of sp³-hybridized carbons (Fsp3) is 0.556. The van der Waals surface area contributed by atoms with Gasteiger partial charge >= 0.3 is 6.03 Å². The second-order valence-corrected chi connectivity index (χ2v) is 8.93. The van der Waals surface area contributed by atoms with Crippen molar-refractivity contribution in [3.8, 4) is 0 Å². The molecule has 3 N–H and O–H groups in total. The first-order chi connectivity index (χ1) is 12.9. The van der Waals surface area contributed by atoms with E-state index in [0.29, 0.717) is 18.8 Å². The molecule has 1 aromatic carbocycles. The minimum absolute atomic E-state index is 0.120. The number of nitrogens with one attached hydrogen (secondary N) is 3. The Morgan fingerprint density at radius 1 is 1.07 bits per heavy atom. The molecule has 27 heavy (non-hydrogen) atoms. The molecule has 1 aliphatic carbocycles. The molecule has 9 heteroatoms. The van der Waals surface area contributed by atoms with Crippen LogP contribution in [0.2, 0.25) is 0 Å².